The van der Waals surface area contributed by atoms with Gasteiger partial charge in [0, 0.05) is 19.7 Å². The molecule has 0 bridgehead atoms. The molecule has 2 unspecified atom stereocenters. The molecule has 3 rings (SSSR count). The first kappa shape index (κ1) is 14.2. The van der Waals surface area contributed by atoms with Crippen molar-refractivity contribution in [3.63, 3.8) is 0 Å². The molecule has 0 aromatic heterocycles. The maximum Gasteiger partial charge on any atom is 0.267 e. The van der Waals surface area contributed by atoms with Crippen molar-refractivity contribution in [2.24, 2.45) is 5.92 Å². The summed E-state index contributed by atoms with van der Waals surface area (Å²) in [6.45, 7) is 1.92. The molecular formula is C16H21NO4. The lowest BCUT2D eigenvalue weighted by molar-refractivity contribution is -0.143. The lowest BCUT2D eigenvalue weighted by atomic mass is 9.95. The minimum atomic E-state index is -0.562. The highest BCUT2D eigenvalue weighted by Gasteiger charge is 2.33. The van der Waals surface area contributed by atoms with Crippen molar-refractivity contribution in [2.45, 2.75) is 25.4 Å². The number of hydrogen-bond acceptors (Lipinski definition) is 4. The second-order valence-electron chi connectivity index (χ2n) is 5.67. The number of para-hydroxylation sites is 2. The van der Waals surface area contributed by atoms with Crippen LogP contribution in [0.2, 0.25) is 0 Å². The fourth-order valence-electron chi connectivity index (χ4n) is 3.03. The zero-order chi connectivity index (χ0) is 14.7. The lowest BCUT2D eigenvalue weighted by Crippen LogP contribution is -2.49. The van der Waals surface area contributed by atoms with Gasteiger partial charge in [-0.2, -0.15) is 0 Å². The third-order valence-electron chi connectivity index (χ3n) is 4.15. The highest BCUT2D eigenvalue weighted by Crippen LogP contribution is 2.31. The number of likely N-dealkylation sites (tertiary alicyclic amines) is 1. The maximum absolute atomic E-state index is 12.6. The molecule has 2 atom stereocenters. The van der Waals surface area contributed by atoms with E-state index in [9.17, 15) is 4.79 Å². The number of benzene rings is 1. The number of piperidine rings is 1. The monoisotopic (exact) mass is 291 g/mol. The summed E-state index contributed by atoms with van der Waals surface area (Å²) in [5.74, 6) is 1.71. The van der Waals surface area contributed by atoms with E-state index in [1.807, 2.05) is 29.2 Å². The Morgan fingerprint density at radius 3 is 2.95 bits per heavy atom. The van der Waals surface area contributed by atoms with Gasteiger partial charge < -0.3 is 19.5 Å². The van der Waals surface area contributed by atoms with Crippen LogP contribution in [0.1, 0.15) is 19.3 Å². The Morgan fingerprint density at radius 1 is 1.33 bits per heavy atom. The standard InChI is InChI=1S/C16H21NO4/c18-9-7-12-4-3-8-17(10-12)16(19)15-11-20-13-5-1-2-6-14(13)21-15/h1-2,5-6,12,15,18H,3-4,7-11H2. The topological polar surface area (TPSA) is 59.0 Å². The van der Waals surface area contributed by atoms with Crippen molar-refractivity contribution in [1.82, 2.24) is 4.90 Å². The van der Waals surface area contributed by atoms with Crippen molar-refractivity contribution in [3.8, 4) is 11.5 Å². The number of nitrogens with zero attached hydrogens (tertiary/aromatic N) is 1. The van der Waals surface area contributed by atoms with Crippen LogP contribution >= 0.6 is 0 Å². The molecule has 0 aliphatic carbocycles. The van der Waals surface area contributed by atoms with Crippen molar-refractivity contribution < 1.29 is 19.4 Å². The molecule has 21 heavy (non-hydrogen) atoms. The van der Waals surface area contributed by atoms with Gasteiger partial charge in [0.2, 0.25) is 6.10 Å². The number of carbonyl (C=O) groups excluding carboxylic acids is 1. The first-order valence-corrected chi connectivity index (χ1v) is 7.56. The van der Waals surface area contributed by atoms with Gasteiger partial charge in [-0.05, 0) is 37.3 Å². The van der Waals surface area contributed by atoms with Gasteiger partial charge in [-0.3, -0.25) is 4.79 Å². The molecule has 0 saturated carbocycles. The summed E-state index contributed by atoms with van der Waals surface area (Å²) in [4.78, 5) is 14.4. The van der Waals surface area contributed by atoms with Crippen LogP contribution in [0, 0.1) is 5.92 Å². The van der Waals surface area contributed by atoms with E-state index in [2.05, 4.69) is 0 Å². The number of aliphatic hydroxyl groups is 1. The Hall–Kier alpha value is -1.75. The lowest BCUT2D eigenvalue weighted by Gasteiger charge is -2.35. The molecule has 0 spiro atoms. The summed E-state index contributed by atoms with van der Waals surface area (Å²) in [7, 11) is 0. The summed E-state index contributed by atoms with van der Waals surface area (Å²) < 4.78 is 11.4. The summed E-state index contributed by atoms with van der Waals surface area (Å²) in [5.41, 5.74) is 0. The van der Waals surface area contributed by atoms with E-state index in [1.165, 1.54) is 0 Å². The highest BCUT2D eigenvalue weighted by atomic mass is 16.6. The van der Waals surface area contributed by atoms with Gasteiger partial charge in [0.15, 0.2) is 11.5 Å². The van der Waals surface area contributed by atoms with Gasteiger partial charge >= 0.3 is 0 Å². The van der Waals surface area contributed by atoms with E-state index in [0.29, 0.717) is 24.0 Å². The quantitative estimate of drug-likeness (QED) is 0.915. The molecule has 1 saturated heterocycles. The van der Waals surface area contributed by atoms with Crippen LogP contribution in [-0.2, 0) is 4.79 Å². The SMILES string of the molecule is O=C(C1COc2ccccc2O1)N1CCCC(CCO)C1. The number of aliphatic hydroxyl groups excluding tert-OH is 1. The molecule has 2 aliphatic rings. The number of amides is 1. The molecule has 0 radical (unpaired) electrons. The fourth-order valence-corrected chi connectivity index (χ4v) is 3.03. The van der Waals surface area contributed by atoms with E-state index in [4.69, 9.17) is 14.6 Å². The highest BCUT2D eigenvalue weighted by molar-refractivity contribution is 5.82. The Balaban J connectivity index is 1.63. The summed E-state index contributed by atoms with van der Waals surface area (Å²) in [6, 6.07) is 7.41. The van der Waals surface area contributed by atoms with Crippen molar-refractivity contribution >= 4 is 5.91 Å². The fraction of sp³-hybridized carbons (Fsp3) is 0.562. The average molecular weight is 291 g/mol. The number of hydrogen-bond donors (Lipinski definition) is 1. The third-order valence-corrected chi connectivity index (χ3v) is 4.15. The molecule has 114 valence electrons. The molecule has 1 aromatic carbocycles. The van der Waals surface area contributed by atoms with E-state index in [-0.39, 0.29) is 19.1 Å². The van der Waals surface area contributed by atoms with Gasteiger partial charge in [-0.1, -0.05) is 12.1 Å². The molecule has 2 aliphatic heterocycles. The van der Waals surface area contributed by atoms with Gasteiger partial charge in [0.25, 0.3) is 5.91 Å². The van der Waals surface area contributed by atoms with Crippen LogP contribution < -0.4 is 9.47 Å². The second-order valence-corrected chi connectivity index (χ2v) is 5.67. The van der Waals surface area contributed by atoms with Gasteiger partial charge in [0.05, 0.1) is 0 Å². The van der Waals surface area contributed by atoms with Crippen LogP contribution in [0.4, 0.5) is 0 Å². The number of fused-ring (bicyclic) bond motifs is 1. The molecule has 1 aromatic rings. The largest absolute Gasteiger partial charge is 0.485 e. The van der Waals surface area contributed by atoms with Crippen molar-refractivity contribution in [1.29, 1.82) is 0 Å². The first-order valence-electron chi connectivity index (χ1n) is 7.56. The maximum atomic E-state index is 12.6. The first-order chi connectivity index (χ1) is 10.3. The molecule has 1 fully saturated rings. The zero-order valence-electron chi connectivity index (χ0n) is 12.0. The van der Waals surface area contributed by atoms with E-state index >= 15 is 0 Å². The second kappa shape index (κ2) is 6.35. The normalized spacial score (nSPS) is 24.7. The van der Waals surface area contributed by atoms with Crippen molar-refractivity contribution in [3.05, 3.63) is 24.3 Å². The predicted molar refractivity (Wildman–Crippen MR) is 77.4 cm³/mol. The minimum Gasteiger partial charge on any atom is -0.485 e. The van der Waals surface area contributed by atoms with Gasteiger partial charge in [-0.25, -0.2) is 0 Å². The van der Waals surface area contributed by atoms with E-state index in [1.54, 1.807) is 0 Å². The van der Waals surface area contributed by atoms with Gasteiger partial charge in [0.1, 0.15) is 6.61 Å². The minimum absolute atomic E-state index is 0.00728. The molecule has 1 N–H and O–H groups in total. The molecular weight excluding hydrogens is 270 g/mol. The predicted octanol–water partition coefficient (Wildman–Crippen LogP) is 1.45. The third kappa shape index (κ3) is 3.13. The number of rotatable bonds is 3. The Bertz CT molecular complexity index is 503. The van der Waals surface area contributed by atoms with Crippen LogP contribution in [0.3, 0.4) is 0 Å². The Kier molecular flexibility index (Phi) is 4.29. The molecule has 1 amide bonds. The summed E-state index contributed by atoms with van der Waals surface area (Å²) >= 11 is 0. The zero-order valence-corrected chi connectivity index (χ0v) is 12.0. The molecule has 5 heteroatoms. The smallest absolute Gasteiger partial charge is 0.267 e. The summed E-state index contributed by atoms with van der Waals surface area (Å²) in [5, 5.41) is 9.05. The number of ether oxygens (including phenoxy) is 2. The molecule has 5 nitrogen and oxygen atoms in total. The van der Waals surface area contributed by atoms with Gasteiger partial charge in [-0.15, -0.1) is 0 Å². The van der Waals surface area contributed by atoms with Crippen LogP contribution in [0.5, 0.6) is 11.5 Å². The number of carbonyl (C=O) groups is 1. The average Bonchev–Trinajstić information content (AvgIpc) is 2.54. The van der Waals surface area contributed by atoms with E-state index < -0.39 is 6.10 Å². The Morgan fingerprint density at radius 2 is 2.14 bits per heavy atom. The summed E-state index contributed by atoms with van der Waals surface area (Å²) in [6.07, 6.45) is 2.26. The van der Waals surface area contributed by atoms with Crippen LogP contribution in [0.15, 0.2) is 24.3 Å². The molecule has 2 heterocycles. The van der Waals surface area contributed by atoms with E-state index in [0.717, 1.165) is 25.8 Å². The Labute approximate surface area is 124 Å². The van der Waals surface area contributed by atoms with Crippen molar-refractivity contribution in [2.75, 3.05) is 26.3 Å². The van der Waals surface area contributed by atoms with Crippen LogP contribution in [-0.4, -0.2) is 48.3 Å². The van der Waals surface area contributed by atoms with Crippen LogP contribution in [0.25, 0.3) is 0 Å².